The Hall–Kier alpha value is -1.56. The molecule has 0 spiro atoms. The van der Waals surface area contributed by atoms with Crippen molar-refractivity contribution in [3.63, 3.8) is 0 Å². The van der Waals surface area contributed by atoms with E-state index < -0.39 is 12.1 Å². The van der Waals surface area contributed by atoms with E-state index >= 15 is 0 Å². The maximum atomic E-state index is 12.2. The molecule has 0 saturated carbocycles. The van der Waals surface area contributed by atoms with Gasteiger partial charge in [-0.15, -0.1) is 0 Å². The summed E-state index contributed by atoms with van der Waals surface area (Å²) in [7, 11) is 0. The molecule has 1 amide bonds. The summed E-state index contributed by atoms with van der Waals surface area (Å²) in [5, 5.41) is 1.96. The molecular formula is C14H19F3N2O. The first kappa shape index (κ1) is 16.5. The molecule has 0 bridgehead atoms. The van der Waals surface area contributed by atoms with Crippen LogP contribution in [0.1, 0.15) is 25.5 Å². The number of rotatable bonds is 6. The number of halogens is 3. The van der Waals surface area contributed by atoms with E-state index in [2.05, 4.69) is 0 Å². The molecule has 0 aliphatic heterocycles. The molecular weight excluding hydrogens is 269 g/mol. The van der Waals surface area contributed by atoms with Crippen LogP contribution in [0.3, 0.4) is 0 Å². The minimum absolute atomic E-state index is 0.0654. The van der Waals surface area contributed by atoms with Crippen molar-refractivity contribution in [2.45, 2.75) is 26.1 Å². The zero-order valence-electron chi connectivity index (χ0n) is 11.6. The van der Waals surface area contributed by atoms with Gasteiger partial charge in [0.15, 0.2) is 0 Å². The second-order valence-corrected chi connectivity index (χ2v) is 4.36. The lowest BCUT2D eigenvalue weighted by molar-refractivity contribution is -0.173. The molecule has 1 atom stereocenters. The number of nitrogens with zero attached hydrogens (tertiary/aromatic N) is 1. The van der Waals surface area contributed by atoms with E-state index in [0.717, 1.165) is 5.56 Å². The predicted molar refractivity (Wildman–Crippen MR) is 71.2 cm³/mol. The number of carbonyl (C=O) groups excluding carboxylic acids is 1. The maximum Gasteiger partial charge on any atom is 0.471 e. The van der Waals surface area contributed by atoms with Crippen LogP contribution in [-0.4, -0.2) is 36.6 Å². The highest BCUT2D eigenvalue weighted by Crippen LogP contribution is 2.20. The number of alkyl halides is 3. The second kappa shape index (κ2) is 7.28. The molecule has 3 nitrogen and oxygen atoms in total. The SMILES string of the molecule is CCN(CC)C(CNC(=O)C(F)(F)F)c1ccccc1. The monoisotopic (exact) mass is 288 g/mol. The van der Waals surface area contributed by atoms with Gasteiger partial charge in [-0.2, -0.15) is 13.2 Å². The van der Waals surface area contributed by atoms with Gasteiger partial charge in [-0.05, 0) is 18.7 Å². The predicted octanol–water partition coefficient (Wildman–Crippen LogP) is 2.75. The van der Waals surface area contributed by atoms with Crippen LogP contribution >= 0.6 is 0 Å². The van der Waals surface area contributed by atoms with E-state index in [0.29, 0.717) is 13.1 Å². The quantitative estimate of drug-likeness (QED) is 0.873. The Morgan fingerprint density at radius 3 is 2.20 bits per heavy atom. The molecule has 1 aromatic rings. The Bertz CT molecular complexity index is 416. The first-order chi connectivity index (χ1) is 9.40. The van der Waals surface area contributed by atoms with Crippen LogP contribution in [0.2, 0.25) is 0 Å². The van der Waals surface area contributed by atoms with Crippen LogP contribution < -0.4 is 5.32 Å². The highest BCUT2D eigenvalue weighted by molar-refractivity contribution is 5.81. The summed E-state index contributed by atoms with van der Waals surface area (Å²) in [5.41, 5.74) is 0.888. The van der Waals surface area contributed by atoms with Crippen LogP contribution in [0, 0.1) is 0 Å². The van der Waals surface area contributed by atoms with Gasteiger partial charge in [0.05, 0.1) is 6.04 Å². The number of nitrogens with one attached hydrogen (secondary N) is 1. The number of hydrogen-bond acceptors (Lipinski definition) is 2. The molecule has 0 radical (unpaired) electrons. The van der Waals surface area contributed by atoms with Gasteiger partial charge in [-0.1, -0.05) is 44.2 Å². The van der Waals surface area contributed by atoms with Crippen LogP contribution in [0.4, 0.5) is 13.2 Å². The lowest BCUT2D eigenvalue weighted by Crippen LogP contribution is -2.43. The minimum atomic E-state index is -4.84. The second-order valence-electron chi connectivity index (χ2n) is 4.36. The standard InChI is InChI=1S/C14H19F3N2O/c1-3-19(4-2)12(11-8-6-5-7-9-11)10-18-13(20)14(15,16)17/h5-9,12H,3-4,10H2,1-2H3,(H,18,20). The first-order valence-corrected chi connectivity index (χ1v) is 6.54. The van der Waals surface area contributed by atoms with Crippen molar-refractivity contribution in [2.75, 3.05) is 19.6 Å². The third kappa shape index (κ3) is 4.52. The number of amides is 1. The summed E-state index contributed by atoms with van der Waals surface area (Å²) in [6.07, 6.45) is -4.84. The molecule has 0 heterocycles. The Kier molecular flexibility index (Phi) is 6.01. The molecule has 112 valence electrons. The van der Waals surface area contributed by atoms with Crippen LogP contribution in [0.15, 0.2) is 30.3 Å². The van der Waals surface area contributed by atoms with Crippen LogP contribution in [0.25, 0.3) is 0 Å². The van der Waals surface area contributed by atoms with Gasteiger partial charge >= 0.3 is 12.1 Å². The summed E-state index contributed by atoms with van der Waals surface area (Å²) in [6.45, 7) is 5.19. The van der Waals surface area contributed by atoms with Crippen LogP contribution in [0.5, 0.6) is 0 Å². The molecule has 0 saturated heterocycles. The third-order valence-electron chi connectivity index (χ3n) is 3.15. The maximum absolute atomic E-state index is 12.2. The molecule has 6 heteroatoms. The van der Waals surface area contributed by atoms with E-state index in [-0.39, 0.29) is 12.6 Å². The van der Waals surface area contributed by atoms with Gasteiger partial charge in [-0.3, -0.25) is 9.69 Å². The molecule has 0 aliphatic rings. The average molecular weight is 288 g/mol. The van der Waals surface area contributed by atoms with Gasteiger partial charge in [0, 0.05) is 6.54 Å². The van der Waals surface area contributed by atoms with Crippen molar-refractivity contribution in [2.24, 2.45) is 0 Å². The zero-order chi connectivity index (χ0) is 15.2. The molecule has 0 fully saturated rings. The topological polar surface area (TPSA) is 32.3 Å². The average Bonchev–Trinajstić information content (AvgIpc) is 2.43. The van der Waals surface area contributed by atoms with E-state index in [1.165, 1.54) is 0 Å². The van der Waals surface area contributed by atoms with Crippen molar-refractivity contribution in [3.05, 3.63) is 35.9 Å². The van der Waals surface area contributed by atoms with Crippen LogP contribution in [-0.2, 0) is 4.79 Å². The van der Waals surface area contributed by atoms with E-state index in [1.54, 1.807) is 0 Å². The van der Waals surface area contributed by atoms with E-state index in [4.69, 9.17) is 0 Å². The highest BCUT2D eigenvalue weighted by Gasteiger charge is 2.38. The number of benzene rings is 1. The first-order valence-electron chi connectivity index (χ1n) is 6.54. The lowest BCUT2D eigenvalue weighted by atomic mass is 10.1. The van der Waals surface area contributed by atoms with Gasteiger partial charge < -0.3 is 5.32 Å². The Balaban J connectivity index is 2.82. The largest absolute Gasteiger partial charge is 0.471 e. The minimum Gasteiger partial charge on any atom is -0.346 e. The fourth-order valence-electron chi connectivity index (χ4n) is 2.09. The van der Waals surface area contributed by atoms with Crippen molar-refractivity contribution < 1.29 is 18.0 Å². The Labute approximate surface area is 116 Å². The summed E-state index contributed by atoms with van der Waals surface area (Å²) in [6, 6.07) is 8.94. The molecule has 1 aromatic carbocycles. The Morgan fingerprint density at radius 2 is 1.75 bits per heavy atom. The zero-order valence-corrected chi connectivity index (χ0v) is 11.6. The van der Waals surface area contributed by atoms with Crippen molar-refractivity contribution in [1.29, 1.82) is 0 Å². The smallest absolute Gasteiger partial charge is 0.346 e. The number of carbonyl (C=O) groups is 1. The third-order valence-corrected chi connectivity index (χ3v) is 3.15. The Morgan fingerprint density at radius 1 is 1.20 bits per heavy atom. The van der Waals surface area contributed by atoms with Crippen molar-refractivity contribution in [1.82, 2.24) is 10.2 Å². The molecule has 20 heavy (non-hydrogen) atoms. The van der Waals surface area contributed by atoms with Gasteiger partial charge in [-0.25, -0.2) is 0 Å². The van der Waals surface area contributed by atoms with Gasteiger partial charge in [0.1, 0.15) is 0 Å². The number of likely N-dealkylation sites (N-methyl/N-ethyl adjacent to an activating group) is 1. The normalized spacial score (nSPS) is 13.3. The summed E-state index contributed by atoms with van der Waals surface area (Å²) in [4.78, 5) is 13.0. The molecule has 1 N–H and O–H groups in total. The lowest BCUT2D eigenvalue weighted by Gasteiger charge is -2.30. The summed E-state index contributed by atoms with van der Waals surface area (Å²) >= 11 is 0. The fourth-order valence-corrected chi connectivity index (χ4v) is 2.09. The van der Waals surface area contributed by atoms with Crippen molar-refractivity contribution in [3.8, 4) is 0 Å². The van der Waals surface area contributed by atoms with E-state index in [9.17, 15) is 18.0 Å². The molecule has 0 aliphatic carbocycles. The molecule has 1 rings (SSSR count). The fraction of sp³-hybridized carbons (Fsp3) is 0.500. The summed E-state index contributed by atoms with van der Waals surface area (Å²) in [5.74, 6) is -1.90. The molecule has 1 unspecified atom stereocenters. The van der Waals surface area contributed by atoms with Crippen molar-refractivity contribution >= 4 is 5.91 Å². The highest BCUT2D eigenvalue weighted by atomic mass is 19.4. The molecule has 0 aromatic heterocycles. The number of hydrogen-bond donors (Lipinski definition) is 1. The van der Waals surface area contributed by atoms with Gasteiger partial charge in [0.25, 0.3) is 0 Å². The van der Waals surface area contributed by atoms with E-state index in [1.807, 2.05) is 54.4 Å². The summed E-state index contributed by atoms with van der Waals surface area (Å²) < 4.78 is 36.7. The van der Waals surface area contributed by atoms with Gasteiger partial charge in [0.2, 0.25) is 0 Å².